The number of unbranched alkanes of at least 4 members (excludes halogenated alkanes) is 3. The average molecular weight is 302 g/mol. The number of hydrogen-bond donors (Lipinski definition) is 1. The molecule has 0 amide bonds. The number of aliphatic hydroxyl groups is 1. The fourth-order valence-corrected chi connectivity index (χ4v) is 2.54. The Bertz CT molecular complexity index is 223. The van der Waals surface area contributed by atoms with E-state index < -0.39 is 0 Å². The van der Waals surface area contributed by atoms with Crippen LogP contribution in [0.15, 0.2) is 0 Å². The Hall–Kier alpha value is -0.120. The van der Waals surface area contributed by atoms with Crippen LogP contribution in [0.5, 0.6) is 0 Å². The van der Waals surface area contributed by atoms with Gasteiger partial charge in [-0.2, -0.15) is 0 Å². The van der Waals surface area contributed by atoms with Crippen LogP contribution in [0.2, 0.25) is 0 Å². The third kappa shape index (κ3) is 12.1. The molecule has 0 radical (unpaired) electrons. The highest BCUT2D eigenvalue weighted by Gasteiger charge is 2.24. The lowest BCUT2D eigenvalue weighted by atomic mass is 10.00. The van der Waals surface area contributed by atoms with Crippen molar-refractivity contribution in [2.45, 2.75) is 91.3 Å². The highest BCUT2D eigenvalue weighted by atomic mass is 16.5. The van der Waals surface area contributed by atoms with Gasteiger partial charge < -0.3 is 14.7 Å². The molecule has 0 heterocycles. The van der Waals surface area contributed by atoms with E-state index in [4.69, 9.17) is 4.74 Å². The van der Waals surface area contributed by atoms with Crippen LogP contribution in [-0.4, -0.2) is 48.0 Å². The Morgan fingerprint density at radius 1 is 0.952 bits per heavy atom. The Morgan fingerprint density at radius 3 is 1.95 bits per heavy atom. The molecule has 0 rings (SSSR count). The predicted molar refractivity (Wildman–Crippen MR) is 91.8 cm³/mol. The Balaban J connectivity index is 4.16. The van der Waals surface area contributed by atoms with Crippen LogP contribution in [0.4, 0.5) is 0 Å². The SMILES string of the molecule is CCCCOC(C)(C)CC(O)CN(CCCC)CCCC. The van der Waals surface area contributed by atoms with Crippen LogP contribution < -0.4 is 0 Å². The van der Waals surface area contributed by atoms with E-state index >= 15 is 0 Å². The molecule has 0 saturated heterocycles. The average Bonchev–Trinajstić information content (AvgIpc) is 2.41. The number of hydrogen-bond acceptors (Lipinski definition) is 3. The Labute approximate surface area is 133 Å². The van der Waals surface area contributed by atoms with Gasteiger partial charge in [-0.25, -0.2) is 0 Å². The predicted octanol–water partition coefficient (Wildman–Crippen LogP) is 4.23. The van der Waals surface area contributed by atoms with E-state index in [9.17, 15) is 5.11 Å². The zero-order chi connectivity index (χ0) is 16.1. The number of nitrogens with zero attached hydrogens (tertiary/aromatic N) is 1. The first-order chi connectivity index (χ1) is 9.95. The van der Waals surface area contributed by atoms with E-state index in [2.05, 4.69) is 39.5 Å². The van der Waals surface area contributed by atoms with Crippen molar-refractivity contribution >= 4 is 0 Å². The Morgan fingerprint density at radius 2 is 1.48 bits per heavy atom. The molecule has 0 aliphatic carbocycles. The molecule has 1 atom stereocenters. The minimum Gasteiger partial charge on any atom is -0.392 e. The maximum absolute atomic E-state index is 10.4. The second-order valence-electron chi connectivity index (χ2n) is 6.83. The summed E-state index contributed by atoms with van der Waals surface area (Å²) in [5.74, 6) is 0. The molecule has 0 aromatic heterocycles. The van der Waals surface area contributed by atoms with E-state index in [0.29, 0.717) is 6.42 Å². The zero-order valence-electron chi connectivity index (χ0n) is 15.2. The maximum atomic E-state index is 10.4. The van der Waals surface area contributed by atoms with Crippen molar-refractivity contribution in [3.63, 3.8) is 0 Å². The van der Waals surface area contributed by atoms with E-state index in [1.54, 1.807) is 0 Å². The number of aliphatic hydroxyl groups excluding tert-OH is 1. The molecule has 128 valence electrons. The lowest BCUT2D eigenvalue weighted by Crippen LogP contribution is -2.39. The largest absolute Gasteiger partial charge is 0.392 e. The van der Waals surface area contributed by atoms with Crippen LogP contribution in [0, 0.1) is 0 Å². The fraction of sp³-hybridized carbons (Fsp3) is 1.00. The van der Waals surface area contributed by atoms with Crippen LogP contribution in [-0.2, 0) is 4.74 Å². The van der Waals surface area contributed by atoms with Crippen molar-refractivity contribution < 1.29 is 9.84 Å². The summed E-state index contributed by atoms with van der Waals surface area (Å²) in [6.07, 6.45) is 7.52. The van der Waals surface area contributed by atoms with E-state index in [-0.39, 0.29) is 11.7 Å². The standard InChI is InChI=1S/C18H39NO2/c1-6-9-12-19(13-10-7-2)16-17(20)15-18(4,5)21-14-11-8-3/h17,20H,6-16H2,1-5H3. The molecule has 0 bridgehead atoms. The van der Waals surface area contributed by atoms with Crippen molar-refractivity contribution in [1.82, 2.24) is 4.90 Å². The lowest BCUT2D eigenvalue weighted by Gasteiger charge is -2.31. The normalized spacial score (nSPS) is 13.9. The van der Waals surface area contributed by atoms with Crippen molar-refractivity contribution in [1.29, 1.82) is 0 Å². The maximum Gasteiger partial charge on any atom is 0.0694 e. The molecular formula is C18H39NO2. The lowest BCUT2D eigenvalue weighted by molar-refractivity contribution is -0.0550. The van der Waals surface area contributed by atoms with Gasteiger partial charge in [-0.1, -0.05) is 40.0 Å². The van der Waals surface area contributed by atoms with Gasteiger partial charge in [-0.05, 0) is 46.2 Å². The monoisotopic (exact) mass is 301 g/mol. The van der Waals surface area contributed by atoms with Gasteiger partial charge >= 0.3 is 0 Å². The third-order valence-corrected chi connectivity index (χ3v) is 3.84. The molecule has 0 aromatic rings. The highest BCUT2D eigenvalue weighted by Crippen LogP contribution is 2.18. The summed E-state index contributed by atoms with van der Waals surface area (Å²) in [4.78, 5) is 2.42. The third-order valence-electron chi connectivity index (χ3n) is 3.84. The summed E-state index contributed by atoms with van der Waals surface area (Å²) >= 11 is 0. The van der Waals surface area contributed by atoms with Gasteiger partial charge in [-0.3, -0.25) is 0 Å². The first-order valence-electron chi connectivity index (χ1n) is 8.99. The molecule has 0 aliphatic rings. The smallest absolute Gasteiger partial charge is 0.0694 e. The second-order valence-corrected chi connectivity index (χ2v) is 6.83. The van der Waals surface area contributed by atoms with E-state index in [0.717, 1.165) is 39.1 Å². The Kier molecular flexibility index (Phi) is 12.4. The van der Waals surface area contributed by atoms with Gasteiger partial charge in [0.25, 0.3) is 0 Å². The summed E-state index contributed by atoms with van der Waals surface area (Å²) in [5, 5.41) is 10.4. The molecule has 1 N–H and O–H groups in total. The molecule has 1 unspecified atom stereocenters. The van der Waals surface area contributed by atoms with Crippen LogP contribution >= 0.6 is 0 Å². The van der Waals surface area contributed by atoms with Gasteiger partial charge in [0.05, 0.1) is 11.7 Å². The van der Waals surface area contributed by atoms with Gasteiger partial charge in [-0.15, -0.1) is 0 Å². The molecule has 0 aromatic carbocycles. The molecular weight excluding hydrogens is 262 g/mol. The summed E-state index contributed by atoms with van der Waals surface area (Å²) in [7, 11) is 0. The van der Waals surface area contributed by atoms with Crippen molar-refractivity contribution in [3.05, 3.63) is 0 Å². The number of rotatable bonds is 14. The summed E-state index contributed by atoms with van der Waals surface area (Å²) < 4.78 is 5.91. The van der Waals surface area contributed by atoms with E-state index in [1.807, 2.05) is 0 Å². The van der Waals surface area contributed by atoms with Gasteiger partial charge in [0.15, 0.2) is 0 Å². The molecule has 0 saturated carbocycles. The summed E-state index contributed by atoms with van der Waals surface area (Å²) in [6, 6.07) is 0. The minimum atomic E-state index is -0.296. The summed E-state index contributed by atoms with van der Waals surface area (Å²) in [5.41, 5.74) is -0.226. The van der Waals surface area contributed by atoms with Crippen molar-refractivity contribution in [2.75, 3.05) is 26.2 Å². The zero-order valence-corrected chi connectivity index (χ0v) is 15.2. The van der Waals surface area contributed by atoms with Gasteiger partial charge in [0.2, 0.25) is 0 Å². The first-order valence-corrected chi connectivity index (χ1v) is 8.99. The second kappa shape index (κ2) is 12.4. The fourth-order valence-electron chi connectivity index (χ4n) is 2.54. The number of ether oxygens (including phenoxy) is 1. The van der Waals surface area contributed by atoms with Gasteiger partial charge in [0, 0.05) is 19.6 Å². The first kappa shape index (κ1) is 20.9. The van der Waals surface area contributed by atoms with E-state index in [1.165, 1.54) is 25.7 Å². The summed E-state index contributed by atoms with van der Waals surface area (Å²) in [6.45, 7) is 14.6. The van der Waals surface area contributed by atoms with Crippen LogP contribution in [0.1, 0.15) is 79.6 Å². The minimum absolute atomic E-state index is 0.226. The molecule has 0 aliphatic heterocycles. The van der Waals surface area contributed by atoms with Gasteiger partial charge in [0.1, 0.15) is 0 Å². The molecule has 3 heteroatoms. The van der Waals surface area contributed by atoms with Crippen molar-refractivity contribution in [3.8, 4) is 0 Å². The van der Waals surface area contributed by atoms with Crippen LogP contribution in [0.25, 0.3) is 0 Å². The highest BCUT2D eigenvalue weighted by molar-refractivity contribution is 4.76. The quantitative estimate of drug-likeness (QED) is 0.487. The molecule has 0 spiro atoms. The topological polar surface area (TPSA) is 32.7 Å². The van der Waals surface area contributed by atoms with Crippen molar-refractivity contribution in [2.24, 2.45) is 0 Å². The van der Waals surface area contributed by atoms with Crippen LogP contribution in [0.3, 0.4) is 0 Å². The molecule has 0 fully saturated rings. The molecule has 3 nitrogen and oxygen atoms in total. The molecule has 21 heavy (non-hydrogen) atoms.